The molecule has 4 aromatic rings. The van der Waals surface area contributed by atoms with Crippen LogP contribution < -0.4 is 5.32 Å². The molecule has 0 saturated carbocycles. The van der Waals surface area contributed by atoms with E-state index in [2.05, 4.69) is 48.4 Å². The maximum Gasteiger partial charge on any atom is 0.262 e. The Hall–Kier alpha value is -2.79. The van der Waals surface area contributed by atoms with Crippen LogP contribution in [-0.2, 0) is 6.42 Å². The summed E-state index contributed by atoms with van der Waals surface area (Å²) in [7, 11) is 0. The highest BCUT2D eigenvalue weighted by atomic mass is 32.1. The second-order valence-corrected chi connectivity index (χ2v) is 8.15. The Morgan fingerprint density at radius 2 is 1.90 bits per heavy atom. The number of aryl methyl sites for hydroxylation is 1. The first kappa shape index (κ1) is 19.5. The summed E-state index contributed by atoms with van der Waals surface area (Å²) in [5, 5.41) is 4.66. The van der Waals surface area contributed by atoms with Crippen molar-refractivity contribution >= 4 is 38.2 Å². The quantitative estimate of drug-likeness (QED) is 0.379. The maximum atomic E-state index is 13.9. The van der Waals surface area contributed by atoms with E-state index in [1.807, 2.05) is 0 Å². The molecule has 4 rings (SSSR count). The molecule has 1 amide bonds. The summed E-state index contributed by atoms with van der Waals surface area (Å²) in [5.74, 6) is -0.387. The van der Waals surface area contributed by atoms with E-state index in [1.165, 1.54) is 29.0 Å². The van der Waals surface area contributed by atoms with Crippen molar-refractivity contribution in [2.24, 2.45) is 0 Å². The first-order valence-electron chi connectivity index (χ1n) is 10.0. The molecule has 0 aliphatic carbocycles. The molecule has 148 valence electrons. The standard InChI is InChI=1S/C24H23FN2OS/c1-3-5-12-26-24(28)23-21(16-8-6-15(4-2)7-9-16)19-14-27-20-11-10-17(25)13-18(20)22(19)29-23/h6-11,13-14H,3-5,12H2,1-2H3,(H,26,28). The Morgan fingerprint density at radius 3 is 2.62 bits per heavy atom. The number of aromatic nitrogens is 1. The third kappa shape index (κ3) is 3.75. The second-order valence-electron chi connectivity index (χ2n) is 7.13. The van der Waals surface area contributed by atoms with Gasteiger partial charge < -0.3 is 5.32 Å². The van der Waals surface area contributed by atoms with Crippen LogP contribution in [0.4, 0.5) is 4.39 Å². The molecule has 0 saturated heterocycles. The third-order valence-electron chi connectivity index (χ3n) is 5.15. The van der Waals surface area contributed by atoms with E-state index in [9.17, 15) is 9.18 Å². The molecule has 29 heavy (non-hydrogen) atoms. The number of thiophene rings is 1. The van der Waals surface area contributed by atoms with E-state index in [4.69, 9.17) is 0 Å². The minimum atomic E-state index is -0.303. The summed E-state index contributed by atoms with van der Waals surface area (Å²) in [4.78, 5) is 18.2. The van der Waals surface area contributed by atoms with Crippen molar-refractivity contribution in [2.45, 2.75) is 33.1 Å². The van der Waals surface area contributed by atoms with E-state index in [1.54, 1.807) is 12.3 Å². The van der Waals surface area contributed by atoms with Gasteiger partial charge in [-0.05, 0) is 42.2 Å². The van der Waals surface area contributed by atoms with E-state index < -0.39 is 0 Å². The van der Waals surface area contributed by atoms with E-state index in [-0.39, 0.29) is 11.7 Å². The van der Waals surface area contributed by atoms with Crippen LogP contribution in [-0.4, -0.2) is 17.4 Å². The van der Waals surface area contributed by atoms with Crippen molar-refractivity contribution in [3.8, 4) is 11.1 Å². The number of amides is 1. The number of hydrogen-bond acceptors (Lipinski definition) is 3. The van der Waals surface area contributed by atoms with Gasteiger partial charge in [0.1, 0.15) is 10.7 Å². The highest BCUT2D eigenvalue weighted by Crippen LogP contribution is 2.41. The largest absolute Gasteiger partial charge is 0.351 e. The van der Waals surface area contributed by atoms with Gasteiger partial charge in [0, 0.05) is 33.8 Å². The number of unbranched alkanes of at least 4 members (excludes halogenated alkanes) is 1. The Morgan fingerprint density at radius 1 is 1.10 bits per heavy atom. The predicted molar refractivity (Wildman–Crippen MR) is 119 cm³/mol. The van der Waals surface area contributed by atoms with Crippen LogP contribution in [0.5, 0.6) is 0 Å². The number of fused-ring (bicyclic) bond motifs is 3. The molecule has 0 fully saturated rings. The van der Waals surface area contributed by atoms with Crippen molar-refractivity contribution < 1.29 is 9.18 Å². The molecule has 0 unspecified atom stereocenters. The van der Waals surface area contributed by atoms with Crippen LogP contribution in [0, 0.1) is 5.82 Å². The van der Waals surface area contributed by atoms with Crippen LogP contribution in [0.25, 0.3) is 32.1 Å². The smallest absolute Gasteiger partial charge is 0.262 e. The van der Waals surface area contributed by atoms with Gasteiger partial charge in [-0.25, -0.2) is 4.39 Å². The number of halogens is 1. The number of benzene rings is 2. The van der Waals surface area contributed by atoms with Crippen molar-refractivity contribution in [3.63, 3.8) is 0 Å². The van der Waals surface area contributed by atoms with Gasteiger partial charge in [0.05, 0.1) is 5.52 Å². The van der Waals surface area contributed by atoms with Crippen LogP contribution in [0.2, 0.25) is 0 Å². The molecule has 2 aromatic carbocycles. The lowest BCUT2D eigenvalue weighted by Gasteiger charge is -2.07. The fourth-order valence-electron chi connectivity index (χ4n) is 3.52. The van der Waals surface area contributed by atoms with Crippen LogP contribution in [0.1, 0.15) is 41.9 Å². The Kier molecular flexibility index (Phi) is 5.58. The average Bonchev–Trinajstić information content (AvgIpc) is 3.14. The topological polar surface area (TPSA) is 42.0 Å². The zero-order valence-corrected chi connectivity index (χ0v) is 17.4. The number of carbonyl (C=O) groups excluding carboxylic acids is 1. The molecule has 1 N–H and O–H groups in total. The molecular weight excluding hydrogens is 383 g/mol. The molecule has 0 aliphatic rings. The molecule has 5 heteroatoms. The SMILES string of the molecule is CCCCNC(=O)c1sc2c(cnc3ccc(F)cc32)c1-c1ccc(CC)cc1. The normalized spacial score (nSPS) is 11.3. The third-order valence-corrected chi connectivity index (χ3v) is 6.39. The predicted octanol–water partition coefficient (Wildman–Crippen LogP) is 6.35. The average molecular weight is 407 g/mol. The summed E-state index contributed by atoms with van der Waals surface area (Å²) >= 11 is 1.41. The van der Waals surface area contributed by atoms with Gasteiger partial charge >= 0.3 is 0 Å². The lowest BCUT2D eigenvalue weighted by atomic mass is 9.99. The highest BCUT2D eigenvalue weighted by molar-refractivity contribution is 7.22. The monoisotopic (exact) mass is 406 g/mol. The first-order chi connectivity index (χ1) is 14.1. The molecule has 2 heterocycles. The Labute approximate surface area is 173 Å². The van der Waals surface area contributed by atoms with Crippen LogP contribution >= 0.6 is 11.3 Å². The fourth-order valence-corrected chi connectivity index (χ4v) is 4.75. The highest BCUT2D eigenvalue weighted by Gasteiger charge is 2.21. The van der Waals surface area contributed by atoms with E-state index in [0.717, 1.165) is 51.4 Å². The maximum absolute atomic E-state index is 13.9. The summed E-state index contributed by atoms with van der Waals surface area (Å²) in [6, 6.07) is 12.9. The Bertz CT molecular complexity index is 1180. The molecule has 0 radical (unpaired) electrons. The van der Waals surface area contributed by atoms with Crippen molar-refractivity contribution in [1.82, 2.24) is 10.3 Å². The number of rotatable bonds is 6. The number of nitrogens with zero attached hydrogens (tertiary/aromatic N) is 1. The van der Waals surface area contributed by atoms with Crippen LogP contribution in [0.3, 0.4) is 0 Å². The second kappa shape index (κ2) is 8.29. The number of hydrogen-bond donors (Lipinski definition) is 1. The van der Waals surface area contributed by atoms with Gasteiger partial charge in [0.15, 0.2) is 0 Å². The molecule has 3 nitrogen and oxygen atoms in total. The zero-order valence-electron chi connectivity index (χ0n) is 16.6. The summed E-state index contributed by atoms with van der Waals surface area (Å²) in [5.41, 5.74) is 3.82. The fraction of sp³-hybridized carbons (Fsp3) is 0.250. The van der Waals surface area contributed by atoms with Gasteiger partial charge in [0.25, 0.3) is 5.91 Å². The number of nitrogens with one attached hydrogen (secondary N) is 1. The molecule has 0 bridgehead atoms. The molecular formula is C24H23FN2OS. The van der Waals surface area contributed by atoms with Gasteiger partial charge in [-0.2, -0.15) is 0 Å². The number of pyridine rings is 1. The zero-order chi connectivity index (χ0) is 20.4. The van der Waals surface area contributed by atoms with Gasteiger partial charge in [-0.3, -0.25) is 9.78 Å². The van der Waals surface area contributed by atoms with Crippen molar-refractivity contribution in [3.05, 3.63) is 64.9 Å². The summed E-state index contributed by atoms with van der Waals surface area (Å²) in [6.45, 7) is 4.86. The molecule has 0 atom stereocenters. The van der Waals surface area contributed by atoms with Crippen LogP contribution in [0.15, 0.2) is 48.7 Å². The van der Waals surface area contributed by atoms with Crippen molar-refractivity contribution in [1.29, 1.82) is 0 Å². The van der Waals surface area contributed by atoms with Gasteiger partial charge in [0.2, 0.25) is 0 Å². The number of carbonyl (C=O) groups is 1. The van der Waals surface area contributed by atoms with Crippen molar-refractivity contribution in [2.75, 3.05) is 6.54 Å². The first-order valence-corrected chi connectivity index (χ1v) is 10.8. The summed E-state index contributed by atoms with van der Waals surface area (Å²) in [6.07, 6.45) is 4.72. The van der Waals surface area contributed by atoms with Gasteiger partial charge in [-0.1, -0.05) is 44.5 Å². The minimum Gasteiger partial charge on any atom is -0.351 e. The molecule has 2 aromatic heterocycles. The lowest BCUT2D eigenvalue weighted by molar-refractivity contribution is 0.0958. The van der Waals surface area contributed by atoms with Gasteiger partial charge in [-0.15, -0.1) is 11.3 Å². The molecule has 0 spiro atoms. The van der Waals surface area contributed by atoms with E-state index in [0.29, 0.717) is 11.4 Å². The summed E-state index contributed by atoms with van der Waals surface area (Å²) < 4.78 is 14.8. The Balaban J connectivity index is 1.93. The minimum absolute atomic E-state index is 0.0845. The lowest BCUT2D eigenvalue weighted by Crippen LogP contribution is -2.23. The molecule has 0 aliphatic heterocycles. The van der Waals surface area contributed by atoms with E-state index >= 15 is 0 Å².